The summed E-state index contributed by atoms with van der Waals surface area (Å²) in [5, 5.41) is 13.3. The van der Waals surface area contributed by atoms with Gasteiger partial charge < -0.3 is 5.11 Å². The van der Waals surface area contributed by atoms with Crippen LogP contribution in [0.3, 0.4) is 0 Å². The standard InChI is InChI=1S/C12H12FN3O2S/c1-7-3-4-8(5-9(7)13)11-14-12(16(2)15-11)19-6-10(17)18/h3-5H,6H2,1-2H3,(H,17,18). The molecule has 0 aliphatic carbocycles. The summed E-state index contributed by atoms with van der Waals surface area (Å²) in [4.78, 5) is 14.7. The lowest BCUT2D eigenvalue weighted by Gasteiger charge is -1.98. The second-order valence-electron chi connectivity index (χ2n) is 3.99. The Morgan fingerprint density at radius 1 is 1.53 bits per heavy atom. The molecule has 0 fully saturated rings. The Morgan fingerprint density at radius 3 is 2.89 bits per heavy atom. The summed E-state index contributed by atoms with van der Waals surface area (Å²) in [5.74, 6) is -0.941. The number of hydrogen-bond acceptors (Lipinski definition) is 4. The predicted octanol–water partition coefficient (Wildman–Crippen LogP) is 2.11. The Bertz CT molecular complexity index is 627. The van der Waals surface area contributed by atoms with Crippen LogP contribution in [-0.2, 0) is 11.8 Å². The Morgan fingerprint density at radius 2 is 2.26 bits per heavy atom. The van der Waals surface area contributed by atoms with E-state index >= 15 is 0 Å². The fourth-order valence-electron chi connectivity index (χ4n) is 1.48. The third-order valence-corrected chi connectivity index (χ3v) is 3.48. The minimum atomic E-state index is -0.920. The van der Waals surface area contributed by atoms with Crippen LogP contribution in [-0.4, -0.2) is 31.6 Å². The molecule has 1 heterocycles. The molecule has 0 saturated heterocycles. The van der Waals surface area contributed by atoms with Crippen LogP contribution in [0.25, 0.3) is 11.4 Å². The van der Waals surface area contributed by atoms with Gasteiger partial charge in [-0.3, -0.25) is 4.79 Å². The second kappa shape index (κ2) is 5.40. The Kier molecular flexibility index (Phi) is 3.84. The third kappa shape index (κ3) is 3.11. The van der Waals surface area contributed by atoms with E-state index in [4.69, 9.17) is 5.11 Å². The molecule has 1 aromatic carbocycles. The predicted molar refractivity (Wildman–Crippen MR) is 69.5 cm³/mol. The van der Waals surface area contributed by atoms with Gasteiger partial charge in [0.25, 0.3) is 0 Å². The first kappa shape index (κ1) is 13.5. The summed E-state index contributed by atoms with van der Waals surface area (Å²) in [6, 6.07) is 4.76. The number of carbonyl (C=O) groups is 1. The molecule has 0 aliphatic rings. The van der Waals surface area contributed by atoms with Gasteiger partial charge in [0.05, 0.1) is 5.75 Å². The molecule has 0 radical (unpaired) electrons. The number of aliphatic carboxylic acids is 1. The number of hydrogen-bond donors (Lipinski definition) is 1. The molecular formula is C12H12FN3O2S. The van der Waals surface area contributed by atoms with Crippen molar-refractivity contribution in [2.75, 3.05) is 5.75 Å². The Labute approximate surface area is 113 Å². The molecule has 19 heavy (non-hydrogen) atoms. The summed E-state index contributed by atoms with van der Waals surface area (Å²) in [5.41, 5.74) is 1.13. The Balaban J connectivity index is 2.28. The van der Waals surface area contributed by atoms with Crippen LogP contribution in [0.5, 0.6) is 0 Å². The first-order valence-corrected chi connectivity index (χ1v) is 6.48. The van der Waals surface area contributed by atoms with Crippen LogP contribution in [0.2, 0.25) is 0 Å². The summed E-state index contributed by atoms with van der Waals surface area (Å²) >= 11 is 1.07. The average molecular weight is 281 g/mol. The van der Waals surface area contributed by atoms with E-state index in [9.17, 15) is 9.18 Å². The zero-order chi connectivity index (χ0) is 14.0. The highest BCUT2D eigenvalue weighted by atomic mass is 32.2. The maximum Gasteiger partial charge on any atom is 0.313 e. The molecule has 1 N–H and O–H groups in total. The molecule has 0 bridgehead atoms. The van der Waals surface area contributed by atoms with Crippen molar-refractivity contribution in [3.8, 4) is 11.4 Å². The highest BCUT2D eigenvalue weighted by Crippen LogP contribution is 2.22. The number of nitrogens with zero attached hydrogens (tertiary/aromatic N) is 3. The van der Waals surface area contributed by atoms with Gasteiger partial charge in [-0.05, 0) is 18.6 Å². The van der Waals surface area contributed by atoms with Gasteiger partial charge in [-0.2, -0.15) is 5.10 Å². The smallest absolute Gasteiger partial charge is 0.313 e. The van der Waals surface area contributed by atoms with E-state index in [1.54, 1.807) is 26.1 Å². The van der Waals surface area contributed by atoms with Gasteiger partial charge in [-0.15, -0.1) is 0 Å². The van der Waals surface area contributed by atoms with Crippen LogP contribution in [0, 0.1) is 12.7 Å². The number of rotatable bonds is 4. The van der Waals surface area contributed by atoms with E-state index in [0.29, 0.717) is 22.1 Å². The lowest BCUT2D eigenvalue weighted by atomic mass is 10.1. The molecule has 0 spiro atoms. The quantitative estimate of drug-likeness (QED) is 0.869. The summed E-state index contributed by atoms with van der Waals surface area (Å²) in [7, 11) is 1.67. The number of halogens is 1. The van der Waals surface area contributed by atoms with E-state index in [1.807, 2.05) is 0 Å². The van der Waals surface area contributed by atoms with Crippen molar-refractivity contribution < 1.29 is 14.3 Å². The second-order valence-corrected chi connectivity index (χ2v) is 4.93. The number of aryl methyl sites for hydroxylation is 2. The fraction of sp³-hybridized carbons (Fsp3) is 0.250. The molecule has 2 rings (SSSR count). The Hall–Kier alpha value is -1.89. The van der Waals surface area contributed by atoms with Crippen molar-refractivity contribution in [3.63, 3.8) is 0 Å². The van der Waals surface area contributed by atoms with Crippen LogP contribution in [0.15, 0.2) is 23.4 Å². The molecule has 0 saturated carbocycles. The zero-order valence-electron chi connectivity index (χ0n) is 10.4. The first-order valence-electron chi connectivity index (χ1n) is 5.49. The van der Waals surface area contributed by atoms with Crippen molar-refractivity contribution in [2.45, 2.75) is 12.1 Å². The van der Waals surface area contributed by atoms with Crippen molar-refractivity contribution in [2.24, 2.45) is 7.05 Å². The average Bonchev–Trinajstić information content (AvgIpc) is 2.71. The van der Waals surface area contributed by atoms with Crippen LogP contribution < -0.4 is 0 Å². The zero-order valence-corrected chi connectivity index (χ0v) is 11.2. The van der Waals surface area contributed by atoms with E-state index in [2.05, 4.69) is 10.1 Å². The fourth-order valence-corrected chi connectivity index (χ4v) is 2.11. The van der Waals surface area contributed by atoms with Gasteiger partial charge >= 0.3 is 5.97 Å². The number of aromatic nitrogens is 3. The molecular weight excluding hydrogens is 269 g/mol. The van der Waals surface area contributed by atoms with E-state index < -0.39 is 5.97 Å². The maximum atomic E-state index is 13.5. The maximum absolute atomic E-state index is 13.5. The number of thioether (sulfide) groups is 1. The molecule has 0 atom stereocenters. The van der Waals surface area contributed by atoms with Gasteiger partial charge in [0.15, 0.2) is 11.0 Å². The molecule has 1 aromatic heterocycles. The minimum Gasteiger partial charge on any atom is -0.481 e. The highest BCUT2D eigenvalue weighted by molar-refractivity contribution is 7.99. The molecule has 0 amide bonds. The van der Waals surface area contributed by atoms with Gasteiger partial charge in [0, 0.05) is 12.6 Å². The van der Waals surface area contributed by atoms with Crippen molar-refractivity contribution in [1.29, 1.82) is 0 Å². The number of carboxylic acid groups (broad SMARTS) is 1. The van der Waals surface area contributed by atoms with Gasteiger partial charge in [-0.25, -0.2) is 14.1 Å². The third-order valence-electron chi connectivity index (χ3n) is 2.48. The summed E-state index contributed by atoms with van der Waals surface area (Å²) < 4.78 is 15.0. The van der Waals surface area contributed by atoms with E-state index in [1.165, 1.54) is 10.7 Å². The van der Waals surface area contributed by atoms with Crippen molar-refractivity contribution in [1.82, 2.24) is 14.8 Å². The highest BCUT2D eigenvalue weighted by Gasteiger charge is 2.12. The SMILES string of the molecule is Cc1ccc(-c2nc(SCC(=O)O)n(C)n2)cc1F. The molecule has 2 aromatic rings. The van der Waals surface area contributed by atoms with Crippen LogP contribution in [0.1, 0.15) is 5.56 Å². The van der Waals surface area contributed by atoms with Gasteiger partial charge in [0.2, 0.25) is 0 Å². The van der Waals surface area contributed by atoms with E-state index in [-0.39, 0.29) is 11.6 Å². The lowest BCUT2D eigenvalue weighted by Crippen LogP contribution is -2.00. The molecule has 0 unspecified atom stereocenters. The van der Waals surface area contributed by atoms with Crippen molar-refractivity contribution in [3.05, 3.63) is 29.6 Å². The van der Waals surface area contributed by atoms with Gasteiger partial charge in [-0.1, -0.05) is 23.9 Å². The summed E-state index contributed by atoms with van der Waals surface area (Å²) in [6.45, 7) is 1.68. The molecule has 100 valence electrons. The normalized spacial score (nSPS) is 10.7. The number of benzene rings is 1. The number of carboxylic acids is 1. The summed E-state index contributed by atoms with van der Waals surface area (Å²) in [6.07, 6.45) is 0. The van der Waals surface area contributed by atoms with Crippen LogP contribution in [0.4, 0.5) is 4.39 Å². The monoisotopic (exact) mass is 281 g/mol. The largest absolute Gasteiger partial charge is 0.481 e. The van der Waals surface area contributed by atoms with Crippen molar-refractivity contribution >= 4 is 17.7 Å². The topological polar surface area (TPSA) is 68.0 Å². The minimum absolute atomic E-state index is 0.0891. The molecule has 0 aliphatic heterocycles. The van der Waals surface area contributed by atoms with E-state index in [0.717, 1.165) is 11.8 Å². The first-order chi connectivity index (χ1) is 8.97. The van der Waals surface area contributed by atoms with Crippen LogP contribution >= 0.6 is 11.8 Å². The molecule has 7 heteroatoms. The lowest BCUT2D eigenvalue weighted by molar-refractivity contribution is -0.133. The van der Waals surface area contributed by atoms with Gasteiger partial charge in [0.1, 0.15) is 5.82 Å². The molecule has 5 nitrogen and oxygen atoms in total.